The monoisotopic (exact) mass is 335 g/mol. The van der Waals surface area contributed by atoms with E-state index in [9.17, 15) is 0 Å². The molecule has 20 heavy (non-hydrogen) atoms. The van der Waals surface area contributed by atoms with Crippen molar-refractivity contribution in [2.75, 3.05) is 0 Å². The number of hydrogen-bond donors (Lipinski definition) is 0. The maximum Gasteiger partial charge on any atom is 0.143 e. The van der Waals surface area contributed by atoms with Gasteiger partial charge in [0, 0.05) is 11.5 Å². The molecule has 3 nitrogen and oxygen atoms in total. The average molecular weight is 336 g/mol. The maximum atomic E-state index is 4.72. The van der Waals surface area contributed by atoms with Crippen LogP contribution < -0.4 is 0 Å². The van der Waals surface area contributed by atoms with E-state index in [1.165, 1.54) is 63.0 Å². The Morgan fingerprint density at radius 2 is 1.60 bits per heavy atom. The Morgan fingerprint density at radius 3 is 2.10 bits per heavy atom. The molecule has 0 saturated heterocycles. The summed E-state index contributed by atoms with van der Waals surface area (Å²) in [7, 11) is 0. The van der Waals surface area contributed by atoms with Gasteiger partial charge in [0.25, 0.3) is 0 Å². The molecule has 5 aliphatic carbocycles. The van der Waals surface area contributed by atoms with Gasteiger partial charge < -0.3 is 4.57 Å². The van der Waals surface area contributed by atoms with Crippen LogP contribution in [0.15, 0.2) is 0 Å². The highest BCUT2D eigenvalue weighted by atomic mass is 79.9. The zero-order valence-corrected chi connectivity index (χ0v) is 13.5. The summed E-state index contributed by atoms with van der Waals surface area (Å²) in [6.07, 6.45) is 11.4. The van der Waals surface area contributed by atoms with E-state index >= 15 is 0 Å². The summed E-state index contributed by atoms with van der Waals surface area (Å²) in [4.78, 5) is 0. The molecule has 1 aromatic heterocycles. The third-order valence-corrected chi connectivity index (χ3v) is 6.81. The molecule has 0 aliphatic heterocycles. The van der Waals surface area contributed by atoms with E-state index in [0.717, 1.165) is 23.1 Å². The molecule has 0 amide bonds. The van der Waals surface area contributed by atoms with E-state index < -0.39 is 0 Å². The normalized spacial score (nSPS) is 42.4. The van der Waals surface area contributed by atoms with Crippen molar-refractivity contribution in [3.8, 4) is 0 Å². The first-order valence-electron chi connectivity index (χ1n) is 8.27. The summed E-state index contributed by atoms with van der Waals surface area (Å²) >= 11 is 3.60. The summed E-state index contributed by atoms with van der Waals surface area (Å²) in [6, 6.07) is 0.709. The molecule has 4 heteroatoms. The van der Waals surface area contributed by atoms with Crippen LogP contribution in [0, 0.1) is 17.8 Å². The Hall–Kier alpha value is -0.380. The van der Waals surface area contributed by atoms with Crippen molar-refractivity contribution in [2.24, 2.45) is 17.8 Å². The van der Waals surface area contributed by atoms with Gasteiger partial charge in [0.2, 0.25) is 0 Å². The van der Waals surface area contributed by atoms with Gasteiger partial charge in [0.1, 0.15) is 11.6 Å². The van der Waals surface area contributed by atoms with Crippen molar-refractivity contribution in [1.29, 1.82) is 0 Å². The standard InChI is InChI=1S/C16H22BrN3/c17-9-14-18-19-15(20(14)13-1-2-13)16-6-10-3-11(7-16)5-12(4-10)8-16/h10-13H,1-9H2. The predicted octanol–water partition coefficient (Wildman–Crippen LogP) is 3.98. The van der Waals surface area contributed by atoms with Crippen LogP contribution in [0.25, 0.3) is 0 Å². The molecule has 1 heterocycles. The molecular weight excluding hydrogens is 314 g/mol. The lowest BCUT2D eigenvalue weighted by Gasteiger charge is -2.56. The SMILES string of the molecule is BrCc1nnc(C23CC4CC(CC(C4)C2)C3)n1C1CC1. The first kappa shape index (κ1) is 12.2. The zero-order valence-electron chi connectivity index (χ0n) is 11.9. The molecule has 108 valence electrons. The second-order valence-corrected chi connectivity index (χ2v) is 8.43. The summed E-state index contributed by atoms with van der Waals surface area (Å²) in [5, 5.41) is 10.1. The van der Waals surface area contributed by atoms with Gasteiger partial charge in [-0.2, -0.15) is 0 Å². The lowest BCUT2D eigenvalue weighted by atomic mass is 9.49. The van der Waals surface area contributed by atoms with Crippen molar-refractivity contribution in [2.45, 2.75) is 68.2 Å². The first-order chi connectivity index (χ1) is 9.77. The van der Waals surface area contributed by atoms with Crippen LogP contribution in [-0.4, -0.2) is 14.8 Å². The first-order valence-corrected chi connectivity index (χ1v) is 9.40. The van der Waals surface area contributed by atoms with Crippen LogP contribution in [-0.2, 0) is 10.7 Å². The van der Waals surface area contributed by atoms with Gasteiger partial charge in [0.05, 0.1) is 5.33 Å². The number of hydrogen-bond acceptors (Lipinski definition) is 2. The zero-order chi connectivity index (χ0) is 13.3. The molecule has 5 aliphatic rings. The van der Waals surface area contributed by atoms with E-state index in [2.05, 4.69) is 25.6 Å². The largest absolute Gasteiger partial charge is 0.311 e. The van der Waals surface area contributed by atoms with E-state index in [-0.39, 0.29) is 0 Å². The van der Waals surface area contributed by atoms with Crippen LogP contribution in [0.2, 0.25) is 0 Å². The molecule has 0 N–H and O–H groups in total. The summed E-state index contributed by atoms with van der Waals surface area (Å²) < 4.78 is 2.53. The van der Waals surface area contributed by atoms with Gasteiger partial charge in [0.15, 0.2) is 0 Å². The van der Waals surface area contributed by atoms with Crippen LogP contribution in [0.3, 0.4) is 0 Å². The number of halogens is 1. The molecule has 0 unspecified atom stereocenters. The highest BCUT2D eigenvalue weighted by molar-refractivity contribution is 9.08. The number of rotatable bonds is 3. The Bertz CT molecular complexity index is 511. The molecule has 0 atom stereocenters. The van der Waals surface area contributed by atoms with Gasteiger partial charge in [-0.15, -0.1) is 10.2 Å². The van der Waals surface area contributed by atoms with Gasteiger partial charge in [-0.25, -0.2) is 0 Å². The van der Waals surface area contributed by atoms with Gasteiger partial charge in [-0.1, -0.05) is 15.9 Å². The number of alkyl halides is 1. The van der Waals surface area contributed by atoms with Gasteiger partial charge in [-0.3, -0.25) is 0 Å². The fourth-order valence-electron chi connectivity index (χ4n) is 5.88. The molecule has 0 aromatic carbocycles. The quantitative estimate of drug-likeness (QED) is 0.782. The smallest absolute Gasteiger partial charge is 0.143 e. The number of aromatic nitrogens is 3. The van der Waals surface area contributed by atoms with Crippen LogP contribution in [0.5, 0.6) is 0 Å². The molecule has 0 radical (unpaired) electrons. The molecule has 5 saturated carbocycles. The van der Waals surface area contributed by atoms with E-state index in [4.69, 9.17) is 5.10 Å². The van der Waals surface area contributed by atoms with E-state index in [1.54, 1.807) is 0 Å². The third kappa shape index (κ3) is 1.63. The van der Waals surface area contributed by atoms with Gasteiger partial charge >= 0.3 is 0 Å². The second-order valence-electron chi connectivity index (χ2n) is 7.87. The lowest BCUT2D eigenvalue weighted by Crippen LogP contribution is -2.49. The van der Waals surface area contributed by atoms with Crippen LogP contribution >= 0.6 is 15.9 Å². The molecule has 4 bridgehead atoms. The highest BCUT2D eigenvalue weighted by Gasteiger charge is 2.54. The molecule has 1 aromatic rings. The molecule has 6 rings (SSSR count). The third-order valence-electron chi connectivity index (χ3n) is 6.31. The fraction of sp³-hybridized carbons (Fsp3) is 0.875. The topological polar surface area (TPSA) is 30.7 Å². The Balaban J connectivity index is 1.61. The summed E-state index contributed by atoms with van der Waals surface area (Å²) in [5.74, 6) is 5.49. The van der Waals surface area contributed by atoms with Gasteiger partial charge in [-0.05, 0) is 69.1 Å². The molecule has 5 fully saturated rings. The van der Waals surface area contributed by atoms with Crippen molar-refractivity contribution in [3.63, 3.8) is 0 Å². The Morgan fingerprint density at radius 1 is 1.00 bits per heavy atom. The Kier molecular flexibility index (Phi) is 2.49. The summed E-state index contributed by atoms with van der Waals surface area (Å²) in [6.45, 7) is 0. The predicted molar refractivity (Wildman–Crippen MR) is 80.8 cm³/mol. The van der Waals surface area contributed by atoms with Crippen LogP contribution in [0.1, 0.15) is 69.1 Å². The second kappa shape index (κ2) is 4.08. The van der Waals surface area contributed by atoms with Crippen molar-refractivity contribution in [3.05, 3.63) is 11.6 Å². The average Bonchev–Trinajstić information content (AvgIpc) is 3.15. The number of nitrogens with zero attached hydrogens (tertiary/aromatic N) is 3. The van der Waals surface area contributed by atoms with Crippen LogP contribution in [0.4, 0.5) is 0 Å². The minimum atomic E-state index is 0.394. The highest BCUT2D eigenvalue weighted by Crippen LogP contribution is 2.61. The molecule has 0 spiro atoms. The maximum absolute atomic E-state index is 4.72. The molecular formula is C16H22BrN3. The van der Waals surface area contributed by atoms with E-state index in [1.807, 2.05) is 0 Å². The Labute approximate surface area is 128 Å². The van der Waals surface area contributed by atoms with Crippen molar-refractivity contribution >= 4 is 15.9 Å². The van der Waals surface area contributed by atoms with E-state index in [0.29, 0.717) is 11.5 Å². The minimum Gasteiger partial charge on any atom is -0.311 e. The van der Waals surface area contributed by atoms with Crippen molar-refractivity contribution in [1.82, 2.24) is 14.8 Å². The minimum absolute atomic E-state index is 0.394. The van der Waals surface area contributed by atoms with Crippen molar-refractivity contribution < 1.29 is 0 Å². The fourth-order valence-corrected chi connectivity index (χ4v) is 6.26. The summed E-state index contributed by atoms with van der Waals surface area (Å²) in [5.41, 5.74) is 0.394. The lowest BCUT2D eigenvalue weighted by molar-refractivity contribution is -0.0112.